The Balaban J connectivity index is 2.40. The standard InChI is InChI=1S/C47H89O12P/c1-3-5-7-9-11-13-15-17-19-20-21-23-25-27-29-31-33-35-37-56-38-40(39-57-60(54,55)59-47-45(52)43(50)42(49)44(51)46(47)53)58-41(48)36-34-32-30-28-26-24-22-18-16-14-12-10-8-6-4-2/h18,22,35,37,40,42-47,49-53H,3-17,19-21,23-34,36,38-39H2,1-2H3,(H,54,55)/b22-18-,37-35-/t40-,42?,43-,44?,45?,46?,47?/m1/s1. The average Bonchev–Trinajstić information content (AvgIpc) is 3.23. The molecule has 0 heterocycles. The highest BCUT2D eigenvalue weighted by molar-refractivity contribution is 7.47. The number of hydrogen-bond donors (Lipinski definition) is 6. The summed E-state index contributed by atoms with van der Waals surface area (Å²) in [6, 6.07) is 0. The van der Waals surface area contributed by atoms with Crippen LogP contribution in [0.25, 0.3) is 0 Å². The summed E-state index contributed by atoms with van der Waals surface area (Å²) in [5, 5.41) is 50.2. The number of phosphoric acid groups is 1. The first-order valence-electron chi connectivity index (χ1n) is 24.2. The van der Waals surface area contributed by atoms with Gasteiger partial charge in [0.05, 0.1) is 12.9 Å². The van der Waals surface area contributed by atoms with Gasteiger partial charge in [-0.25, -0.2) is 4.57 Å². The van der Waals surface area contributed by atoms with E-state index in [0.29, 0.717) is 6.42 Å². The van der Waals surface area contributed by atoms with Gasteiger partial charge in [0.1, 0.15) is 43.2 Å². The number of aliphatic hydroxyl groups excluding tert-OH is 5. The molecule has 0 aromatic rings. The van der Waals surface area contributed by atoms with Crippen LogP contribution in [0.3, 0.4) is 0 Å². The van der Waals surface area contributed by atoms with Gasteiger partial charge >= 0.3 is 13.8 Å². The maximum Gasteiger partial charge on any atom is 0.472 e. The molecule has 1 aliphatic carbocycles. The predicted octanol–water partition coefficient (Wildman–Crippen LogP) is 10.4. The van der Waals surface area contributed by atoms with Crippen molar-refractivity contribution in [1.29, 1.82) is 0 Å². The first kappa shape index (κ1) is 56.7. The minimum Gasteiger partial charge on any atom is -0.498 e. The van der Waals surface area contributed by atoms with Crippen LogP contribution in [-0.4, -0.2) is 92.3 Å². The summed E-state index contributed by atoms with van der Waals surface area (Å²) in [6.07, 6.45) is 31.8. The molecular weight excluding hydrogens is 787 g/mol. The van der Waals surface area contributed by atoms with E-state index in [4.69, 9.17) is 18.5 Å². The summed E-state index contributed by atoms with van der Waals surface area (Å²) in [5.74, 6) is -0.506. The van der Waals surface area contributed by atoms with Gasteiger partial charge in [0.25, 0.3) is 0 Å². The maximum atomic E-state index is 12.8. The van der Waals surface area contributed by atoms with Crippen molar-refractivity contribution in [3.8, 4) is 0 Å². The second kappa shape index (κ2) is 38.1. The Morgan fingerprint density at radius 1 is 0.517 bits per heavy atom. The van der Waals surface area contributed by atoms with Crippen LogP contribution in [0.4, 0.5) is 0 Å². The van der Waals surface area contributed by atoms with Gasteiger partial charge in [-0.3, -0.25) is 13.8 Å². The fourth-order valence-corrected chi connectivity index (χ4v) is 8.47. The molecule has 1 rings (SSSR count). The van der Waals surface area contributed by atoms with Gasteiger partial charge in [0.15, 0.2) is 6.10 Å². The number of carbonyl (C=O) groups excluding carboxylic acids is 1. The normalized spacial score (nSPS) is 22.4. The van der Waals surface area contributed by atoms with Gasteiger partial charge in [0, 0.05) is 6.42 Å². The predicted molar refractivity (Wildman–Crippen MR) is 239 cm³/mol. The second-order valence-electron chi connectivity index (χ2n) is 17.0. The highest BCUT2D eigenvalue weighted by Gasteiger charge is 2.51. The molecule has 0 spiro atoms. The van der Waals surface area contributed by atoms with Crippen molar-refractivity contribution in [1.82, 2.24) is 0 Å². The Morgan fingerprint density at radius 2 is 0.883 bits per heavy atom. The van der Waals surface area contributed by atoms with Crippen LogP contribution in [0, 0.1) is 0 Å². The van der Waals surface area contributed by atoms with Crippen LogP contribution in [-0.2, 0) is 27.9 Å². The number of unbranched alkanes of at least 4 members (excludes halogenated alkanes) is 27. The molecule has 8 atom stereocenters. The van der Waals surface area contributed by atoms with Crippen LogP contribution < -0.4 is 0 Å². The first-order valence-corrected chi connectivity index (χ1v) is 25.7. The molecule has 13 heteroatoms. The molecule has 1 fully saturated rings. The number of rotatable bonds is 41. The minimum atomic E-state index is -5.03. The zero-order valence-electron chi connectivity index (χ0n) is 37.8. The third-order valence-corrected chi connectivity index (χ3v) is 12.4. The van der Waals surface area contributed by atoms with E-state index >= 15 is 0 Å². The van der Waals surface area contributed by atoms with Crippen LogP contribution in [0.15, 0.2) is 24.5 Å². The number of ether oxygens (including phenoxy) is 2. The van der Waals surface area contributed by atoms with Gasteiger partial charge < -0.3 is 39.9 Å². The van der Waals surface area contributed by atoms with E-state index < -0.39 is 63.1 Å². The molecule has 12 nitrogen and oxygen atoms in total. The molecule has 0 bridgehead atoms. The summed E-state index contributed by atoms with van der Waals surface area (Å²) in [7, 11) is -5.03. The lowest BCUT2D eigenvalue weighted by atomic mass is 9.85. The SMILES string of the molecule is CCCCCCCC/C=C\CCCCCCCC(=O)O[C@H](CO/C=C\CCCCCCCCCCCCCCCCCC)COP(=O)(O)OC1C(O)C(O)C(O)[C@@H](O)C1O. The first-order chi connectivity index (χ1) is 29.0. The maximum absolute atomic E-state index is 12.8. The Labute approximate surface area is 364 Å². The fraction of sp³-hybridized carbons (Fsp3) is 0.894. The highest BCUT2D eigenvalue weighted by atomic mass is 31.2. The molecule has 0 saturated heterocycles. The lowest BCUT2D eigenvalue weighted by Crippen LogP contribution is -2.64. The van der Waals surface area contributed by atoms with Gasteiger partial charge in [-0.1, -0.05) is 174 Å². The number of allylic oxidation sites excluding steroid dienone is 3. The molecular formula is C47H89O12P. The molecule has 354 valence electrons. The molecule has 0 amide bonds. The Kier molecular flexibility index (Phi) is 36.0. The third kappa shape index (κ3) is 29.9. The van der Waals surface area contributed by atoms with Crippen molar-refractivity contribution >= 4 is 13.8 Å². The van der Waals surface area contributed by atoms with Crippen LogP contribution in [0.2, 0.25) is 0 Å². The van der Waals surface area contributed by atoms with E-state index in [0.717, 1.165) is 57.8 Å². The summed E-state index contributed by atoms with van der Waals surface area (Å²) >= 11 is 0. The van der Waals surface area contributed by atoms with Crippen LogP contribution in [0.5, 0.6) is 0 Å². The van der Waals surface area contributed by atoms with E-state index in [-0.39, 0.29) is 13.0 Å². The smallest absolute Gasteiger partial charge is 0.472 e. The molecule has 0 aromatic heterocycles. The quantitative estimate of drug-likeness (QED) is 0.0112. The topological polar surface area (TPSA) is 192 Å². The Morgan fingerprint density at radius 3 is 1.32 bits per heavy atom. The molecule has 1 saturated carbocycles. The Hall–Kier alpha value is -1.34. The second-order valence-corrected chi connectivity index (χ2v) is 18.4. The monoisotopic (exact) mass is 877 g/mol. The number of aliphatic hydroxyl groups is 5. The molecule has 0 aromatic carbocycles. The summed E-state index contributed by atoms with van der Waals surface area (Å²) < 4.78 is 34.0. The largest absolute Gasteiger partial charge is 0.498 e. The zero-order chi connectivity index (χ0) is 44.1. The lowest BCUT2D eigenvalue weighted by Gasteiger charge is -2.41. The van der Waals surface area contributed by atoms with E-state index in [2.05, 4.69) is 26.0 Å². The number of hydrogen-bond acceptors (Lipinski definition) is 11. The molecule has 0 radical (unpaired) electrons. The van der Waals surface area contributed by atoms with E-state index in [1.54, 1.807) is 0 Å². The lowest BCUT2D eigenvalue weighted by molar-refractivity contribution is -0.220. The molecule has 6 N–H and O–H groups in total. The average molecular weight is 877 g/mol. The van der Waals surface area contributed by atoms with Gasteiger partial charge in [-0.2, -0.15) is 0 Å². The van der Waals surface area contributed by atoms with E-state index in [1.165, 1.54) is 135 Å². The Bertz CT molecular complexity index is 1090. The third-order valence-electron chi connectivity index (χ3n) is 11.4. The van der Waals surface area contributed by atoms with Crippen LogP contribution >= 0.6 is 7.82 Å². The molecule has 60 heavy (non-hydrogen) atoms. The van der Waals surface area contributed by atoms with Gasteiger partial charge in [-0.15, -0.1) is 0 Å². The van der Waals surface area contributed by atoms with E-state index in [1.807, 2.05) is 6.08 Å². The fourth-order valence-electron chi connectivity index (χ4n) is 7.49. The van der Waals surface area contributed by atoms with Crippen LogP contribution in [0.1, 0.15) is 213 Å². The van der Waals surface area contributed by atoms with E-state index in [9.17, 15) is 39.8 Å². The van der Waals surface area contributed by atoms with Crippen molar-refractivity contribution in [2.45, 2.75) is 256 Å². The van der Waals surface area contributed by atoms with Crippen molar-refractivity contribution in [2.24, 2.45) is 0 Å². The van der Waals surface area contributed by atoms with Crippen molar-refractivity contribution in [3.63, 3.8) is 0 Å². The summed E-state index contributed by atoms with van der Waals surface area (Å²) in [4.78, 5) is 23.1. The summed E-state index contributed by atoms with van der Waals surface area (Å²) in [5.41, 5.74) is 0. The van der Waals surface area contributed by atoms with Crippen molar-refractivity contribution in [3.05, 3.63) is 24.5 Å². The molecule has 1 aliphatic rings. The van der Waals surface area contributed by atoms with Gasteiger partial charge in [-0.05, 0) is 51.0 Å². The van der Waals surface area contributed by atoms with Crippen molar-refractivity contribution < 1.29 is 58.3 Å². The highest BCUT2D eigenvalue weighted by Crippen LogP contribution is 2.47. The molecule has 6 unspecified atom stereocenters. The number of phosphoric ester groups is 1. The van der Waals surface area contributed by atoms with Gasteiger partial charge in [0.2, 0.25) is 0 Å². The zero-order valence-corrected chi connectivity index (χ0v) is 38.7. The molecule has 0 aliphatic heterocycles. The van der Waals surface area contributed by atoms with Crippen molar-refractivity contribution in [2.75, 3.05) is 13.2 Å². The summed E-state index contributed by atoms with van der Waals surface area (Å²) in [6.45, 7) is 3.73. The number of carbonyl (C=O) groups is 1. The minimum absolute atomic E-state index is 0.161. The number of esters is 1.